The van der Waals surface area contributed by atoms with Crippen LogP contribution in [-0.2, 0) is 0 Å². The van der Waals surface area contributed by atoms with Gasteiger partial charge in [0.1, 0.15) is 0 Å². The molecule has 0 spiro atoms. The lowest BCUT2D eigenvalue weighted by molar-refractivity contribution is 0.0921. The summed E-state index contributed by atoms with van der Waals surface area (Å²) in [7, 11) is 0. The van der Waals surface area contributed by atoms with Crippen LogP contribution in [0, 0.1) is 0 Å². The second-order valence-corrected chi connectivity index (χ2v) is 7.11. The number of amides is 1. The summed E-state index contributed by atoms with van der Waals surface area (Å²) in [6.45, 7) is 3.30. The highest BCUT2D eigenvalue weighted by atomic mass is 16.2. The Balaban J connectivity index is 1.32. The van der Waals surface area contributed by atoms with Crippen molar-refractivity contribution in [3.63, 3.8) is 0 Å². The van der Waals surface area contributed by atoms with Crippen LogP contribution in [0.5, 0.6) is 0 Å². The minimum atomic E-state index is -0.119. The van der Waals surface area contributed by atoms with Crippen LogP contribution < -0.4 is 15.1 Å². The standard InChI is InChI=1S/C19H25N7O/c27-18(22-15-5-2-1-3-6-15)16-7-8-17(24-23-16)25-11-13-26(14-12-25)19-20-9-4-10-21-19/h4,7-10,15H,1-3,5-6,11-14H2,(H,22,27). The molecule has 2 aromatic rings. The SMILES string of the molecule is O=C(NC1CCCCC1)c1ccc(N2CCN(c3ncccn3)CC2)nn1. The summed E-state index contributed by atoms with van der Waals surface area (Å²) < 4.78 is 0. The van der Waals surface area contributed by atoms with E-state index in [0.29, 0.717) is 5.69 Å². The summed E-state index contributed by atoms with van der Waals surface area (Å²) in [5.74, 6) is 1.45. The Morgan fingerprint density at radius 3 is 2.30 bits per heavy atom. The molecule has 0 radical (unpaired) electrons. The van der Waals surface area contributed by atoms with Crippen LogP contribution in [0.15, 0.2) is 30.6 Å². The molecule has 2 aromatic heterocycles. The molecule has 1 aliphatic heterocycles. The van der Waals surface area contributed by atoms with Gasteiger partial charge in [-0.2, -0.15) is 0 Å². The Morgan fingerprint density at radius 1 is 0.926 bits per heavy atom. The van der Waals surface area contributed by atoms with Gasteiger partial charge in [0.25, 0.3) is 5.91 Å². The maximum atomic E-state index is 12.4. The number of piperazine rings is 1. The lowest BCUT2D eigenvalue weighted by atomic mass is 9.95. The topological polar surface area (TPSA) is 87.1 Å². The fourth-order valence-corrected chi connectivity index (χ4v) is 3.71. The third-order valence-corrected chi connectivity index (χ3v) is 5.26. The van der Waals surface area contributed by atoms with E-state index in [1.807, 2.05) is 12.1 Å². The second kappa shape index (κ2) is 8.28. The van der Waals surface area contributed by atoms with E-state index in [0.717, 1.165) is 50.8 Å². The largest absolute Gasteiger partial charge is 0.352 e. The molecule has 0 unspecified atom stereocenters. The van der Waals surface area contributed by atoms with Gasteiger partial charge in [0.05, 0.1) is 0 Å². The van der Waals surface area contributed by atoms with E-state index in [-0.39, 0.29) is 11.9 Å². The van der Waals surface area contributed by atoms with Crippen molar-refractivity contribution >= 4 is 17.7 Å². The molecule has 8 nitrogen and oxygen atoms in total. The van der Waals surface area contributed by atoms with E-state index in [9.17, 15) is 4.79 Å². The second-order valence-electron chi connectivity index (χ2n) is 7.11. The zero-order chi connectivity index (χ0) is 18.5. The van der Waals surface area contributed by atoms with Gasteiger partial charge < -0.3 is 15.1 Å². The van der Waals surface area contributed by atoms with Crippen LogP contribution in [0.1, 0.15) is 42.6 Å². The summed E-state index contributed by atoms with van der Waals surface area (Å²) in [6, 6.07) is 5.76. The zero-order valence-electron chi connectivity index (χ0n) is 15.4. The molecular formula is C19H25N7O. The van der Waals surface area contributed by atoms with Crippen molar-refractivity contribution in [1.29, 1.82) is 0 Å². The van der Waals surface area contributed by atoms with Gasteiger partial charge in [0, 0.05) is 44.6 Å². The van der Waals surface area contributed by atoms with Gasteiger partial charge in [-0.15, -0.1) is 10.2 Å². The van der Waals surface area contributed by atoms with Crippen molar-refractivity contribution in [3.05, 3.63) is 36.3 Å². The highest BCUT2D eigenvalue weighted by Gasteiger charge is 2.21. The van der Waals surface area contributed by atoms with Crippen LogP contribution in [0.3, 0.4) is 0 Å². The molecule has 4 rings (SSSR count). The molecule has 1 amide bonds. The average Bonchev–Trinajstić information content (AvgIpc) is 2.75. The normalized spacial score (nSPS) is 18.4. The lowest BCUT2D eigenvalue weighted by Gasteiger charge is -2.35. The number of hydrogen-bond donors (Lipinski definition) is 1. The minimum absolute atomic E-state index is 0.119. The number of nitrogens with one attached hydrogen (secondary N) is 1. The van der Waals surface area contributed by atoms with Crippen molar-refractivity contribution in [2.24, 2.45) is 0 Å². The molecule has 1 saturated carbocycles. The van der Waals surface area contributed by atoms with Crippen molar-refractivity contribution < 1.29 is 4.79 Å². The summed E-state index contributed by atoms with van der Waals surface area (Å²) in [5.41, 5.74) is 0.389. The van der Waals surface area contributed by atoms with Crippen LogP contribution >= 0.6 is 0 Å². The molecule has 0 aromatic carbocycles. The van der Waals surface area contributed by atoms with Crippen LogP contribution in [0.2, 0.25) is 0 Å². The lowest BCUT2D eigenvalue weighted by Crippen LogP contribution is -2.47. The van der Waals surface area contributed by atoms with Crippen molar-refractivity contribution in [3.8, 4) is 0 Å². The smallest absolute Gasteiger partial charge is 0.272 e. The van der Waals surface area contributed by atoms with E-state index in [4.69, 9.17) is 0 Å². The van der Waals surface area contributed by atoms with E-state index in [2.05, 4.69) is 35.3 Å². The average molecular weight is 367 g/mol. The molecule has 142 valence electrons. The van der Waals surface area contributed by atoms with E-state index < -0.39 is 0 Å². The molecule has 0 bridgehead atoms. The number of anilines is 2. The van der Waals surface area contributed by atoms with Gasteiger partial charge in [0.15, 0.2) is 11.5 Å². The van der Waals surface area contributed by atoms with Crippen LogP contribution in [0.4, 0.5) is 11.8 Å². The number of rotatable bonds is 4. The van der Waals surface area contributed by atoms with Crippen LogP contribution in [-0.4, -0.2) is 58.3 Å². The maximum Gasteiger partial charge on any atom is 0.272 e. The zero-order valence-corrected chi connectivity index (χ0v) is 15.4. The summed E-state index contributed by atoms with van der Waals surface area (Å²) >= 11 is 0. The van der Waals surface area contributed by atoms with Gasteiger partial charge in [-0.3, -0.25) is 4.79 Å². The predicted molar refractivity (Wildman–Crippen MR) is 103 cm³/mol. The Kier molecular flexibility index (Phi) is 5.41. The van der Waals surface area contributed by atoms with Gasteiger partial charge in [0.2, 0.25) is 5.95 Å². The first kappa shape index (κ1) is 17.6. The molecule has 1 saturated heterocycles. The Labute approximate surface area is 159 Å². The predicted octanol–water partition coefficient (Wildman–Crippen LogP) is 1.66. The Bertz CT molecular complexity index is 738. The highest BCUT2D eigenvalue weighted by Crippen LogP contribution is 2.18. The van der Waals surface area contributed by atoms with E-state index in [1.165, 1.54) is 19.3 Å². The van der Waals surface area contributed by atoms with Crippen molar-refractivity contribution in [2.75, 3.05) is 36.0 Å². The highest BCUT2D eigenvalue weighted by molar-refractivity contribution is 5.92. The number of carbonyl (C=O) groups is 1. The number of hydrogen-bond acceptors (Lipinski definition) is 7. The van der Waals surface area contributed by atoms with Gasteiger partial charge in [-0.1, -0.05) is 19.3 Å². The number of nitrogens with zero attached hydrogens (tertiary/aromatic N) is 6. The quantitative estimate of drug-likeness (QED) is 0.879. The fraction of sp³-hybridized carbons (Fsp3) is 0.526. The molecule has 27 heavy (non-hydrogen) atoms. The molecule has 1 N–H and O–H groups in total. The molecule has 2 fully saturated rings. The monoisotopic (exact) mass is 367 g/mol. The molecule has 2 aliphatic rings. The first-order chi connectivity index (χ1) is 13.3. The van der Waals surface area contributed by atoms with E-state index >= 15 is 0 Å². The first-order valence-corrected chi connectivity index (χ1v) is 9.71. The first-order valence-electron chi connectivity index (χ1n) is 9.71. The van der Waals surface area contributed by atoms with Gasteiger partial charge in [-0.25, -0.2) is 9.97 Å². The fourth-order valence-electron chi connectivity index (χ4n) is 3.71. The Hall–Kier alpha value is -2.77. The molecule has 8 heteroatoms. The van der Waals surface area contributed by atoms with Crippen LogP contribution in [0.25, 0.3) is 0 Å². The molecule has 1 aliphatic carbocycles. The van der Waals surface area contributed by atoms with Gasteiger partial charge >= 0.3 is 0 Å². The number of aromatic nitrogens is 4. The molecular weight excluding hydrogens is 342 g/mol. The van der Waals surface area contributed by atoms with E-state index in [1.54, 1.807) is 18.5 Å². The third kappa shape index (κ3) is 4.32. The van der Waals surface area contributed by atoms with Crippen molar-refractivity contribution in [1.82, 2.24) is 25.5 Å². The summed E-state index contributed by atoms with van der Waals surface area (Å²) in [4.78, 5) is 25.3. The third-order valence-electron chi connectivity index (χ3n) is 5.26. The van der Waals surface area contributed by atoms with Gasteiger partial charge in [-0.05, 0) is 31.0 Å². The Morgan fingerprint density at radius 2 is 1.63 bits per heavy atom. The summed E-state index contributed by atoms with van der Waals surface area (Å²) in [5, 5.41) is 11.5. The maximum absolute atomic E-state index is 12.4. The molecule has 0 atom stereocenters. The van der Waals surface area contributed by atoms with Crippen molar-refractivity contribution in [2.45, 2.75) is 38.1 Å². The minimum Gasteiger partial charge on any atom is -0.352 e. The summed E-state index contributed by atoms with van der Waals surface area (Å²) in [6.07, 6.45) is 9.30. The molecule has 3 heterocycles. The number of carbonyl (C=O) groups excluding carboxylic acids is 1.